The van der Waals surface area contributed by atoms with Crippen LogP contribution in [0.4, 0.5) is 0 Å². The van der Waals surface area contributed by atoms with E-state index in [4.69, 9.17) is 0 Å². The maximum atomic E-state index is 10.0. The molecule has 5 heteroatoms. The first kappa shape index (κ1) is 7.37. The smallest absolute Gasteiger partial charge is 0.352 e. The van der Waals surface area contributed by atoms with Gasteiger partial charge in [-0.1, -0.05) is 6.92 Å². The third-order valence-corrected chi connectivity index (χ3v) is 0.818. The van der Waals surface area contributed by atoms with Gasteiger partial charge in [-0.15, -0.1) is 0 Å². The molecule has 0 bridgehead atoms. The Morgan fingerprint density at radius 1 is 1.62 bits per heavy atom. The van der Waals surface area contributed by atoms with Crippen LogP contribution in [0.15, 0.2) is 0 Å². The summed E-state index contributed by atoms with van der Waals surface area (Å²) in [6.45, 7) is 1.52. The van der Waals surface area contributed by atoms with Crippen molar-refractivity contribution in [3.63, 3.8) is 0 Å². The third kappa shape index (κ3) is 3.56. The van der Waals surface area contributed by atoms with Crippen LogP contribution >= 0.6 is 7.91 Å². The Morgan fingerprint density at radius 2 is 2.12 bits per heavy atom. The van der Waals surface area contributed by atoms with Gasteiger partial charge in [-0.25, -0.2) is 0 Å². The van der Waals surface area contributed by atoms with Gasteiger partial charge < -0.3 is 4.52 Å². The van der Waals surface area contributed by atoms with E-state index in [-0.39, 0.29) is 6.42 Å². The van der Waals surface area contributed by atoms with Crippen LogP contribution in [-0.2, 0) is 18.4 Å². The molecule has 0 unspecified atom stereocenters. The topological polar surface area (TPSA) is 60.4 Å². The second-order valence-electron chi connectivity index (χ2n) is 1.04. The lowest BCUT2D eigenvalue weighted by Gasteiger charge is -1.84. The largest absolute Gasteiger partial charge is 0.531 e. The normalized spacial score (nSPS) is 8.12. The van der Waals surface area contributed by atoms with Gasteiger partial charge in [-0.05, 0) is 0 Å². The quantitative estimate of drug-likeness (QED) is 0.532. The van der Waals surface area contributed by atoms with Gasteiger partial charge in [0, 0.05) is 6.42 Å². The van der Waals surface area contributed by atoms with Gasteiger partial charge in [0.1, 0.15) is 0 Å². The SMILES string of the molecule is CCC(=O)OP(=O)=O. The van der Waals surface area contributed by atoms with Crippen LogP contribution in [0, 0.1) is 0 Å². The maximum absolute atomic E-state index is 10.0. The molecule has 0 aliphatic heterocycles. The van der Waals surface area contributed by atoms with E-state index in [1.54, 1.807) is 0 Å². The van der Waals surface area contributed by atoms with Crippen molar-refractivity contribution in [2.75, 3.05) is 0 Å². The van der Waals surface area contributed by atoms with Crippen molar-refractivity contribution in [2.45, 2.75) is 13.3 Å². The zero-order valence-corrected chi connectivity index (χ0v) is 5.18. The van der Waals surface area contributed by atoms with Crippen LogP contribution in [0.1, 0.15) is 13.3 Å². The second-order valence-corrected chi connectivity index (χ2v) is 1.67. The number of hydrogen-bond donors (Lipinski definition) is 0. The van der Waals surface area contributed by atoms with Crippen LogP contribution in [0.5, 0.6) is 0 Å². The van der Waals surface area contributed by atoms with Crippen molar-refractivity contribution in [1.29, 1.82) is 0 Å². The summed E-state index contributed by atoms with van der Waals surface area (Å²) in [5.41, 5.74) is 0. The number of carbonyl (C=O) groups is 1. The van der Waals surface area contributed by atoms with E-state index in [1.807, 2.05) is 0 Å². The molecule has 0 N–H and O–H groups in total. The van der Waals surface area contributed by atoms with Crippen molar-refractivity contribution in [3.8, 4) is 0 Å². The molecule has 0 aromatic rings. The molecule has 0 aliphatic rings. The molecule has 46 valence electrons. The monoisotopic (exact) mass is 136 g/mol. The molecule has 0 atom stereocenters. The molecule has 0 rings (SSSR count). The molecular weight excluding hydrogens is 131 g/mol. The summed E-state index contributed by atoms with van der Waals surface area (Å²) < 4.78 is 22.8. The van der Waals surface area contributed by atoms with E-state index in [0.717, 1.165) is 0 Å². The lowest BCUT2D eigenvalue weighted by atomic mass is 10.5. The number of hydrogen-bond acceptors (Lipinski definition) is 4. The van der Waals surface area contributed by atoms with Gasteiger partial charge in [0.05, 0.1) is 0 Å². The first-order valence-electron chi connectivity index (χ1n) is 2.02. The van der Waals surface area contributed by atoms with Gasteiger partial charge in [0.25, 0.3) is 0 Å². The standard InChI is InChI=1S/C3H5O4P/c1-2-3(4)7-8(5)6/h2H2,1H3. The van der Waals surface area contributed by atoms with Gasteiger partial charge in [0.15, 0.2) is 0 Å². The number of rotatable bonds is 2. The Bertz CT molecular complexity index is 139. The van der Waals surface area contributed by atoms with Crippen LogP contribution in [0.25, 0.3) is 0 Å². The Balaban J connectivity index is 3.56. The lowest BCUT2D eigenvalue weighted by Crippen LogP contribution is -1.91. The Kier molecular flexibility index (Phi) is 3.12. The minimum Gasteiger partial charge on any atom is -0.352 e. The van der Waals surface area contributed by atoms with Gasteiger partial charge >= 0.3 is 13.9 Å². The highest BCUT2D eigenvalue weighted by molar-refractivity contribution is 7.25. The molecule has 0 radical (unpaired) electrons. The summed E-state index contributed by atoms with van der Waals surface area (Å²) >= 11 is 0. The fourth-order valence-electron chi connectivity index (χ4n) is 0.148. The zero-order chi connectivity index (χ0) is 6.57. The summed E-state index contributed by atoms with van der Waals surface area (Å²) in [7, 11) is -3.00. The third-order valence-electron chi connectivity index (χ3n) is 0.465. The molecular formula is C3H5O4P. The highest BCUT2D eigenvalue weighted by atomic mass is 31.1. The van der Waals surface area contributed by atoms with E-state index >= 15 is 0 Å². The molecule has 0 spiro atoms. The van der Waals surface area contributed by atoms with Crippen molar-refractivity contribution in [3.05, 3.63) is 0 Å². The summed E-state index contributed by atoms with van der Waals surface area (Å²) in [5, 5.41) is 0. The molecule has 8 heavy (non-hydrogen) atoms. The van der Waals surface area contributed by atoms with Crippen LogP contribution in [-0.4, -0.2) is 5.97 Å². The van der Waals surface area contributed by atoms with Crippen molar-refractivity contribution >= 4 is 13.9 Å². The van der Waals surface area contributed by atoms with Crippen molar-refractivity contribution in [2.24, 2.45) is 0 Å². The summed E-state index contributed by atoms with van der Waals surface area (Å²) in [6.07, 6.45) is 0.0866. The summed E-state index contributed by atoms with van der Waals surface area (Å²) in [6, 6.07) is 0. The molecule has 0 heterocycles. The Morgan fingerprint density at radius 3 is 2.25 bits per heavy atom. The summed E-state index contributed by atoms with van der Waals surface area (Å²) in [4.78, 5) is 10.0. The minimum absolute atomic E-state index is 0.0866. The maximum Gasteiger partial charge on any atom is 0.531 e. The zero-order valence-electron chi connectivity index (χ0n) is 4.29. The Labute approximate surface area is 46.7 Å². The highest BCUT2D eigenvalue weighted by Gasteiger charge is 1.99. The first-order valence-corrected chi connectivity index (χ1v) is 3.11. The first-order chi connectivity index (χ1) is 3.66. The molecule has 0 fully saturated rings. The van der Waals surface area contributed by atoms with E-state index in [2.05, 4.69) is 4.52 Å². The fraction of sp³-hybridized carbons (Fsp3) is 0.667. The van der Waals surface area contributed by atoms with E-state index in [9.17, 15) is 13.9 Å². The molecule has 4 nitrogen and oxygen atoms in total. The fourth-order valence-corrected chi connectivity index (χ4v) is 0.443. The molecule has 0 aliphatic carbocycles. The average molecular weight is 136 g/mol. The van der Waals surface area contributed by atoms with E-state index in [0.29, 0.717) is 0 Å². The number of carbonyl (C=O) groups excluding carboxylic acids is 1. The molecule has 0 aromatic heterocycles. The van der Waals surface area contributed by atoms with Crippen molar-refractivity contribution in [1.82, 2.24) is 0 Å². The molecule has 0 saturated heterocycles. The van der Waals surface area contributed by atoms with Crippen LogP contribution < -0.4 is 0 Å². The second kappa shape index (κ2) is 3.38. The summed E-state index contributed by atoms with van der Waals surface area (Å²) in [5.74, 6) is -0.721. The van der Waals surface area contributed by atoms with Crippen LogP contribution in [0.2, 0.25) is 0 Å². The van der Waals surface area contributed by atoms with E-state index in [1.165, 1.54) is 6.92 Å². The van der Waals surface area contributed by atoms with Crippen molar-refractivity contribution < 1.29 is 18.4 Å². The average Bonchev–Trinajstić information content (AvgIpc) is 1.65. The van der Waals surface area contributed by atoms with E-state index < -0.39 is 13.9 Å². The minimum atomic E-state index is -3.00. The highest BCUT2D eigenvalue weighted by Crippen LogP contribution is 2.05. The Hall–Kier alpha value is -0.630. The molecule has 0 saturated carbocycles. The lowest BCUT2D eigenvalue weighted by molar-refractivity contribution is -0.133. The van der Waals surface area contributed by atoms with Crippen LogP contribution in [0.3, 0.4) is 0 Å². The molecule has 0 aromatic carbocycles. The van der Waals surface area contributed by atoms with Gasteiger partial charge in [-0.3, -0.25) is 4.79 Å². The van der Waals surface area contributed by atoms with Gasteiger partial charge in [-0.2, -0.15) is 9.13 Å². The predicted molar refractivity (Wildman–Crippen MR) is 24.7 cm³/mol. The van der Waals surface area contributed by atoms with Gasteiger partial charge in [0.2, 0.25) is 0 Å². The molecule has 0 amide bonds. The predicted octanol–water partition coefficient (Wildman–Crippen LogP) is 1.03.